The Kier molecular flexibility index (Phi) is 3.57. The lowest BCUT2D eigenvalue weighted by atomic mass is 10.1. The zero-order valence-electron chi connectivity index (χ0n) is 14.1. The number of benzene rings is 1. The molecule has 1 aliphatic rings. The molecule has 1 aliphatic carbocycles. The average molecular weight is 365 g/mol. The van der Waals surface area contributed by atoms with Crippen molar-refractivity contribution < 1.29 is 0 Å². The van der Waals surface area contributed by atoms with Gasteiger partial charge in [-0.25, -0.2) is 9.50 Å². The quantitative estimate of drug-likeness (QED) is 0.527. The molecule has 1 fully saturated rings. The van der Waals surface area contributed by atoms with Crippen LogP contribution < -0.4 is 5.56 Å². The van der Waals surface area contributed by atoms with Crippen LogP contribution in [0.1, 0.15) is 31.7 Å². The van der Waals surface area contributed by atoms with E-state index in [-0.39, 0.29) is 5.56 Å². The summed E-state index contributed by atoms with van der Waals surface area (Å²) in [6.45, 7) is 0. The maximum absolute atomic E-state index is 12.9. The highest BCUT2D eigenvalue weighted by Gasteiger charge is 2.19. The molecule has 1 saturated carbocycles. The summed E-state index contributed by atoms with van der Waals surface area (Å²) in [7, 11) is 0. The molecular weight excluding hydrogens is 348 g/mol. The summed E-state index contributed by atoms with van der Waals surface area (Å²) in [5.74, 6) is 0. The van der Waals surface area contributed by atoms with Crippen LogP contribution in [0.5, 0.6) is 0 Å². The lowest BCUT2D eigenvalue weighted by molar-refractivity contribution is 0.505. The summed E-state index contributed by atoms with van der Waals surface area (Å²) in [6.07, 6.45) is 9.90. The fraction of sp³-hybridized carbons (Fsp3) is 0.250. The first-order chi connectivity index (χ1) is 12.7. The third-order valence-corrected chi connectivity index (χ3v) is 5.55. The summed E-state index contributed by atoms with van der Waals surface area (Å²) in [6, 6.07) is 9.88. The Morgan fingerprint density at radius 1 is 1.04 bits per heavy atom. The van der Waals surface area contributed by atoms with Gasteiger partial charge in [0.05, 0.1) is 17.1 Å². The van der Waals surface area contributed by atoms with Gasteiger partial charge in [0.15, 0.2) is 5.65 Å². The second-order valence-electron chi connectivity index (χ2n) is 6.82. The van der Waals surface area contributed by atoms with E-state index in [2.05, 4.69) is 10.1 Å². The SMILES string of the molecule is O=c1c2cnc3c(-c4ccc(Cl)cc4)cnn3c2ccn1C1CCCC1. The van der Waals surface area contributed by atoms with E-state index >= 15 is 0 Å². The van der Waals surface area contributed by atoms with Crippen LogP contribution in [0.25, 0.3) is 27.7 Å². The highest BCUT2D eigenvalue weighted by atomic mass is 35.5. The minimum Gasteiger partial charge on any atom is -0.312 e. The van der Waals surface area contributed by atoms with Crippen LogP contribution in [0.15, 0.2) is 53.7 Å². The number of nitrogens with zero attached hydrogens (tertiary/aromatic N) is 4. The van der Waals surface area contributed by atoms with E-state index in [1.807, 2.05) is 41.1 Å². The molecule has 130 valence electrons. The van der Waals surface area contributed by atoms with Gasteiger partial charge in [0.2, 0.25) is 0 Å². The molecule has 26 heavy (non-hydrogen) atoms. The van der Waals surface area contributed by atoms with Crippen LogP contribution in [0.4, 0.5) is 0 Å². The van der Waals surface area contributed by atoms with Crippen molar-refractivity contribution >= 4 is 28.2 Å². The summed E-state index contributed by atoms with van der Waals surface area (Å²) in [5, 5.41) is 5.79. The zero-order valence-corrected chi connectivity index (χ0v) is 14.9. The summed E-state index contributed by atoms with van der Waals surface area (Å²) >= 11 is 5.98. The van der Waals surface area contributed by atoms with Gasteiger partial charge in [0.25, 0.3) is 5.56 Å². The minimum atomic E-state index is 0.0207. The Balaban J connectivity index is 1.70. The minimum absolute atomic E-state index is 0.0207. The molecule has 3 heterocycles. The maximum Gasteiger partial charge on any atom is 0.261 e. The Hall–Kier alpha value is -2.66. The van der Waals surface area contributed by atoms with Crippen molar-refractivity contribution in [2.75, 3.05) is 0 Å². The Morgan fingerprint density at radius 3 is 2.58 bits per heavy atom. The molecule has 1 aromatic carbocycles. The van der Waals surface area contributed by atoms with Crippen molar-refractivity contribution in [1.82, 2.24) is 19.2 Å². The zero-order chi connectivity index (χ0) is 17.7. The van der Waals surface area contributed by atoms with Gasteiger partial charge in [0.1, 0.15) is 0 Å². The number of halogens is 1. The van der Waals surface area contributed by atoms with Crippen LogP contribution in [0, 0.1) is 0 Å². The first-order valence-corrected chi connectivity index (χ1v) is 9.24. The van der Waals surface area contributed by atoms with Crippen molar-refractivity contribution in [3.8, 4) is 11.1 Å². The predicted octanol–water partition coefficient (Wildman–Crippen LogP) is 4.48. The van der Waals surface area contributed by atoms with Crippen LogP contribution in [-0.2, 0) is 0 Å². The molecule has 0 radical (unpaired) electrons. The van der Waals surface area contributed by atoms with Crippen molar-refractivity contribution in [2.45, 2.75) is 31.7 Å². The van der Waals surface area contributed by atoms with E-state index in [4.69, 9.17) is 11.6 Å². The van der Waals surface area contributed by atoms with Gasteiger partial charge in [0, 0.05) is 29.0 Å². The van der Waals surface area contributed by atoms with E-state index in [1.165, 1.54) is 12.8 Å². The number of hydrogen-bond donors (Lipinski definition) is 0. The second-order valence-corrected chi connectivity index (χ2v) is 7.26. The number of hydrogen-bond acceptors (Lipinski definition) is 3. The fourth-order valence-electron chi connectivity index (χ4n) is 3.93. The summed E-state index contributed by atoms with van der Waals surface area (Å²) in [5.41, 5.74) is 3.46. The number of pyridine rings is 1. The molecule has 0 bridgehead atoms. The molecule has 0 saturated heterocycles. The van der Waals surface area contributed by atoms with E-state index in [0.29, 0.717) is 16.5 Å². The molecule has 0 amide bonds. The van der Waals surface area contributed by atoms with E-state index in [1.54, 1.807) is 16.9 Å². The fourth-order valence-corrected chi connectivity index (χ4v) is 4.06. The van der Waals surface area contributed by atoms with Crippen molar-refractivity contribution in [1.29, 1.82) is 0 Å². The van der Waals surface area contributed by atoms with Gasteiger partial charge in [-0.05, 0) is 36.6 Å². The van der Waals surface area contributed by atoms with Gasteiger partial charge >= 0.3 is 0 Å². The lowest BCUT2D eigenvalue weighted by Gasteiger charge is -2.14. The maximum atomic E-state index is 12.9. The van der Waals surface area contributed by atoms with Crippen molar-refractivity contribution in [2.24, 2.45) is 0 Å². The molecule has 3 aromatic heterocycles. The average Bonchev–Trinajstić information content (AvgIpc) is 3.32. The van der Waals surface area contributed by atoms with Crippen LogP contribution in [0.2, 0.25) is 5.02 Å². The molecule has 0 aliphatic heterocycles. The van der Waals surface area contributed by atoms with Gasteiger partial charge in [-0.15, -0.1) is 0 Å². The van der Waals surface area contributed by atoms with Gasteiger partial charge in [-0.2, -0.15) is 5.10 Å². The molecule has 0 spiro atoms. The van der Waals surface area contributed by atoms with Crippen LogP contribution in [0.3, 0.4) is 0 Å². The topological polar surface area (TPSA) is 52.2 Å². The number of rotatable bonds is 2. The summed E-state index contributed by atoms with van der Waals surface area (Å²) < 4.78 is 3.62. The normalized spacial score (nSPS) is 15.3. The van der Waals surface area contributed by atoms with E-state index < -0.39 is 0 Å². The van der Waals surface area contributed by atoms with Gasteiger partial charge in [-0.1, -0.05) is 36.6 Å². The molecule has 0 N–H and O–H groups in total. The Bertz CT molecular complexity index is 1170. The third-order valence-electron chi connectivity index (χ3n) is 5.30. The van der Waals surface area contributed by atoms with E-state index in [0.717, 1.165) is 35.1 Å². The number of aromatic nitrogens is 4. The van der Waals surface area contributed by atoms with Crippen LogP contribution >= 0.6 is 11.6 Å². The highest BCUT2D eigenvalue weighted by Crippen LogP contribution is 2.29. The van der Waals surface area contributed by atoms with Crippen molar-refractivity contribution in [3.63, 3.8) is 0 Å². The van der Waals surface area contributed by atoms with E-state index in [9.17, 15) is 4.79 Å². The second kappa shape index (κ2) is 5.95. The first-order valence-electron chi connectivity index (χ1n) is 8.86. The standard InChI is InChI=1S/C20H17ClN4O/c21-14-7-5-13(6-8-14)16-12-23-25-18-9-10-24(15-3-1-2-4-15)20(26)17(18)11-22-19(16)25/h5-12,15H,1-4H2. The lowest BCUT2D eigenvalue weighted by Crippen LogP contribution is -2.23. The molecule has 5 nitrogen and oxygen atoms in total. The van der Waals surface area contributed by atoms with Gasteiger partial charge < -0.3 is 4.57 Å². The Morgan fingerprint density at radius 2 is 1.81 bits per heavy atom. The predicted molar refractivity (Wildman–Crippen MR) is 103 cm³/mol. The highest BCUT2D eigenvalue weighted by molar-refractivity contribution is 6.30. The number of fused-ring (bicyclic) bond motifs is 3. The first kappa shape index (κ1) is 15.6. The summed E-state index contributed by atoms with van der Waals surface area (Å²) in [4.78, 5) is 17.5. The largest absolute Gasteiger partial charge is 0.312 e. The smallest absolute Gasteiger partial charge is 0.261 e. The molecule has 0 unspecified atom stereocenters. The molecule has 5 rings (SSSR count). The molecule has 6 heteroatoms. The van der Waals surface area contributed by atoms with Crippen molar-refractivity contribution in [3.05, 3.63) is 64.3 Å². The molecule has 4 aromatic rings. The van der Waals surface area contributed by atoms with Crippen LogP contribution in [-0.4, -0.2) is 19.2 Å². The monoisotopic (exact) mass is 364 g/mol. The Labute approximate surface area is 154 Å². The molecular formula is C20H17ClN4O. The van der Waals surface area contributed by atoms with Gasteiger partial charge in [-0.3, -0.25) is 4.79 Å². The third kappa shape index (κ3) is 2.35. The molecule has 0 atom stereocenters.